The molecule has 1 heterocycles. The Bertz CT molecular complexity index is 867. The van der Waals surface area contributed by atoms with E-state index in [1.165, 1.54) is 24.3 Å². The molecule has 2 aromatic rings. The molecule has 0 saturated carbocycles. The summed E-state index contributed by atoms with van der Waals surface area (Å²) in [5.41, 5.74) is 1.82. The molecule has 0 bridgehead atoms. The zero-order valence-electron chi connectivity index (χ0n) is 16.4. The number of carbonyl (C=O) groups excluding carboxylic acids is 2. The van der Waals surface area contributed by atoms with Crippen LogP contribution in [-0.4, -0.2) is 28.9 Å². The number of anilines is 1. The minimum absolute atomic E-state index is 0.00931. The molecular formula is C22H25FN2O3. The van der Waals surface area contributed by atoms with Gasteiger partial charge in [0, 0.05) is 29.4 Å². The quantitative estimate of drug-likeness (QED) is 0.832. The van der Waals surface area contributed by atoms with E-state index in [-0.39, 0.29) is 23.7 Å². The van der Waals surface area contributed by atoms with Crippen LogP contribution in [0.1, 0.15) is 49.5 Å². The van der Waals surface area contributed by atoms with Crippen molar-refractivity contribution in [2.24, 2.45) is 0 Å². The standard InChI is InChI=1S/C22H25FN2O3/c1-4-14(3)25-13-16-12-18(10-11-20(16)28-19(5-2)22(25)27)24-21(26)15-6-8-17(23)9-7-15/h6-12,14,19H,4-5,13H2,1-3H3,(H,24,26)/t14-,19-/m0/s1. The van der Waals surface area contributed by atoms with Crippen LogP contribution in [0.25, 0.3) is 0 Å². The molecule has 2 amide bonds. The predicted molar refractivity (Wildman–Crippen MR) is 106 cm³/mol. The van der Waals surface area contributed by atoms with Gasteiger partial charge in [-0.05, 0) is 62.2 Å². The Morgan fingerprint density at radius 1 is 1.25 bits per heavy atom. The minimum Gasteiger partial charge on any atom is -0.480 e. The fourth-order valence-electron chi connectivity index (χ4n) is 3.20. The van der Waals surface area contributed by atoms with Crippen LogP contribution >= 0.6 is 0 Å². The van der Waals surface area contributed by atoms with Crippen LogP contribution in [0.15, 0.2) is 42.5 Å². The molecule has 2 atom stereocenters. The van der Waals surface area contributed by atoms with Gasteiger partial charge in [-0.25, -0.2) is 4.39 Å². The Labute approximate surface area is 164 Å². The van der Waals surface area contributed by atoms with Crippen molar-refractivity contribution >= 4 is 17.5 Å². The smallest absolute Gasteiger partial charge is 0.264 e. The fraction of sp³-hybridized carbons (Fsp3) is 0.364. The number of nitrogens with zero attached hydrogens (tertiary/aromatic N) is 1. The van der Waals surface area contributed by atoms with E-state index in [9.17, 15) is 14.0 Å². The third kappa shape index (κ3) is 4.16. The first kappa shape index (κ1) is 19.9. The Hall–Kier alpha value is -2.89. The number of halogens is 1. The number of fused-ring (bicyclic) bond motifs is 1. The molecule has 1 N–H and O–H groups in total. The highest BCUT2D eigenvalue weighted by Gasteiger charge is 2.32. The van der Waals surface area contributed by atoms with Gasteiger partial charge in [0.25, 0.3) is 11.8 Å². The third-order valence-corrected chi connectivity index (χ3v) is 5.09. The van der Waals surface area contributed by atoms with E-state index in [1.54, 1.807) is 12.1 Å². The Morgan fingerprint density at radius 3 is 2.61 bits per heavy atom. The zero-order chi connectivity index (χ0) is 20.3. The van der Waals surface area contributed by atoms with Crippen molar-refractivity contribution in [1.29, 1.82) is 0 Å². The molecule has 148 valence electrons. The molecule has 5 nitrogen and oxygen atoms in total. The van der Waals surface area contributed by atoms with Crippen LogP contribution in [0.4, 0.5) is 10.1 Å². The van der Waals surface area contributed by atoms with E-state index in [0.717, 1.165) is 12.0 Å². The maximum atomic E-state index is 13.0. The number of benzene rings is 2. The van der Waals surface area contributed by atoms with Gasteiger partial charge in [-0.15, -0.1) is 0 Å². The minimum atomic E-state index is -0.505. The van der Waals surface area contributed by atoms with Crippen LogP contribution in [0.2, 0.25) is 0 Å². The highest BCUT2D eigenvalue weighted by atomic mass is 19.1. The van der Waals surface area contributed by atoms with E-state index in [2.05, 4.69) is 5.32 Å². The topological polar surface area (TPSA) is 58.6 Å². The summed E-state index contributed by atoms with van der Waals surface area (Å²) in [6.45, 7) is 6.43. The summed E-state index contributed by atoms with van der Waals surface area (Å²) in [6, 6.07) is 10.8. The molecule has 2 aromatic carbocycles. The second kappa shape index (κ2) is 8.42. The molecule has 0 aliphatic carbocycles. The largest absolute Gasteiger partial charge is 0.480 e. The summed E-state index contributed by atoms with van der Waals surface area (Å²) < 4.78 is 19.0. The van der Waals surface area contributed by atoms with Gasteiger partial charge in [0.2, 0.25) is 0 Å². The average Bonchev–Trinajstić information content (AvgIpc) is 2.84. The molecule has 0 fully saturated rings. The lowest BCUT2D eigenvalue weighted by molar-refractivity contribution is -0.140. The van der Waals surface area contributed by atoms with Crippen LogP contribution in [0.5, 0.6) is 5.75 Å². The van der Waals surface area contributed by atoms with Gasteiger partial charge in [-0.1, -0.05) is 13.8 Å². The second-order valence-corrected chi connectivity index (χ2v) is 7.02. The number of rotatable bonds is 5. The van der Waals surface area contributed by atoms with Crippen molar-refractivity contribution in [3.63, 3.8) is 0 Å². The van der Waals surface area contributed by atoms with Gasteiger partial charge in [0.05, 0.1) is 0 Å². The molecule has 3 rings (SSSR count). The Kier molecular flexibility index (Phi) is 5.97. The molecule has 1 aliphatic rings. The highest BCUT2D eigenvalue weighted by molar-refractivity contribution is 6.04. The van der Waals surface area contributed by atoms with E-state index >= 15 is 0 Å². The summed E-state index contributed by atoms with van der Waals surface area (Å²) in [4.78, 5) is 27.1. The Balaban J connectivity index is 1.86. The summed E-state index contributed by atoms with van der Waals surface area (Å²) in [7, 11) is 0. The average molecular weight is 384 g/mol. The highest BCUT2D eigenvalue weighted by Crippen LogP contribution is 2.30. The van der Waals surface area contributed by atoms with E-state index in [0.29, 0.717) is 30.0 Å². The first-order chi connectivity index (χ1) is 13.4. The normalized spacial score (nSPS) is 17.4. The molecule has 0 saturated heterocycles. The van der Waals surface area contributed by atoms with Crippen LogP contribution in [-0.2, 0) is 11.3 Å². The second-order valence-electron chi connectivity index (χ2n) is 7.02. The molecule has 0 unspecified atom stereocenters. The van der Waals surface area contributed by atoms with E-state index < -0.39 is 6.10 Å². The molecule has 1 aliphatic heterocycles. The van der Waals surface area contributed by atoms with Gasteiger partial charge in [-0.3, -0.25) is 9.59 Å². The van der Waals surface area contributed by atoms with Crippen molar-refractivity contribution in [2.45, 2.75) is 52.3 Å². The van der Waals surface area contributed by atoms with Crippen molar-refractivity contribution < 1.29 is 18.7 Å². The molecule has 0 aromatic heterocycles. The number of carbonyl (C=O) groups is 2. The van der Waals surface area contributed by atoms with Crippen LogP contribution < -0.4 is 10.1 Å². The summed E-state index contributed by atoms with van der Waals surface area (Å²) in [5, 5.41) is 2.82. The lowest BCUT2D eigenvalue weighted by atomic mass is 10.1. The fourth-order valence-corrected chi connectivity index (χ4v) is 3.20. The molecule has 28 heavy (non-hydrogen) atoms. The molecule has 6 heteroatoms. The lowest BCUT2D eigenvalue weighted by Gasteiger charge is -2.28. The zero-order valence-corrected chi connectivity index (χ0v) is 16.4. The van der Waals surface area contributed by atoms with Gasteiger partial charge >= 0.3 is 0 Å². The van der Waals surface area contributed by atoms with Crippen molar-refractivity contribution in [3.8, 4) is 5.75 Å². The number of nitrogens with one attached hydrogen (secondary N) is 1. The number of hydrogen-bond donors (Lipinski definition) is 1. The monoisotopic (exact) mass is 384 g/mol. The Morgan fingerprint density at radius 2 is 1.96 bits per heavy atom. The summed E-state index contributed by atoms with van der Waals surface area (Å²) in [6.07, 6.45) is 0.933. The number of amides is 2. The van der Waals surface area contributed by atoms with Crippen molar-refractivity contribution in [2.75, 3.05) is 5.32 Å². The van der Waals surface area contributed by atoms with E-state index in [1.807, 2.05) is 31.7 Å². The van der Waals surface area contributed by atoms with Gasteiger partial charge in [0.1, 0.15) is 11.6 Å². The van der Waals surface area contributed by atoms with Gasteiger partial charge in [-0.2, -0.15) is 0 Å². The molecule has 0 spiro atoms. The van der Waals surface area contributed by atoms with Gasteiger partial charge in [0.15, 0.2) is 6.10 Å². The van der Waals surface area contributed by atoms with Crippen molar-refractivity contribution in [3.05, 3.63) is 59.4 Å². The molecular weight excluding hydrogens is 359 g/mol. The summed E-state index contributed by atoms with van der Waals surface area (Å²) >= 11 is 0. The van der Waals surface area contributed by atoms with E-state index in [4.69, 9.17) is 4.74 Å². The summed E-state index contributed by atoms with van der Waals surface area (Å²) in [5.74, 6) is -0.0643. The van der Waals surface area contributed by atoms with Gasteiger partial charge < -0.3 is 15.0 Å². The SMILES string of the molecule is CC[C@@H]1Oc2ccc(NC(=O)c3ccc(F)cc3)cc2CN([C@@H](C)CC)C1=O. The first-order valence-corrected chi connectivity index (χ1v) is 9.59. The van der Waals surface area contributed by atoms with Crippen LogP contribution in [0, 0.1) is 5.82 Å². The predicted octanol–water partition coefficient (Wildman–Crippen LogP) is 4.38. The third-order valence-electron chi connectivity index (χ3n) is 5.09. The van der Waals surface area contributed by atoms with Crippen LogP contribution in [0.3, 0.4) is 0 Å². The van der Waals surface area contributed by atoms with Crippen molar-refractivity contribution in [1.82, 2.24) is 4.90 Å². The number of ether oxygens (including phenoxy) is 1. The number of hydrogen-bond acceptors (Lipinski definition) is 3. The maximum Gasteiger partial charge on any atom is 0.264 e. The molecule has 0 radical (unpaired) electrons. The first-order valence-electron chi connectivity index (χ1n) is 9.59. The maximum absolute atomic E-state index is 13.0. The lowest BCUT2D eigenvalue weighted by Crippen LogP contribution is -2.43.